The molecule has 0 aliphatic heterocycles. The second-order valence-corrected chi connectivity index (χ2v) is 6.61. The number of hydrogen-bond donors (Lipinski definition) is 1. The zero-order chi connectivity index (χ0) is 13.7. The fraction of sp³-hybridized carbons (Fsp3) is 0.533. The Morgan fingerprint density at radius 3 is 2.28 bits per heavy atom. The smallest absolute Gasteiger partial charge is 0.251 e. The molecule has 3 heteroatoms. The Morgan fingerprint density at radius 1 is 1.22 bits per heavy atom. The zero-order valence-corrected chi connectivity index (χ0v) is 13.2. The van der Waals surface area contributed by atoms with Crippen molar-refractivity contribution >= 4 is 21.8 Å². The second kappa shape index (κ2) is 6.93. The van der Waals surface area contributed by atoms with Gasteiger partial charge in [0.1, 0.15) is 0 Å². The highest BCUT2D eigenvalue weighted by Crippen LogP contribution is 2.12. The summed E-state index contributed by atoms with van der Waals surface area (Å²) in [7, 11) is 0. The molecule has 1 unspecified atom stereocenters. The quantitative estimate of drug-likeness (QED) is 0.822. The average molecular weight is 312 g/mol. The molecule has 2 nitrogen and oxygen atoms in total. The lowest BCUT2D eigenvalue weighted by Gasteiger charge is -2.13. The molecule has 0 heterocycles. The van der Waals surface area contributed by atoms with E-state index in [4.69, 9.17) is 0 Å². The second-order valence-electron chi connectivity index (χ2n) is 5.31. The molecule has 0 aliphatic rings. The van der Waals surface area contributed by atoms with Gasteiger partial charge in [0, 0.05) is 16.9 Å². The summed E-state index contributed by atoms with van der Waals surface area (Å²) < 4.78 is 0. The standard InChI is InChI=1S/C15H22BrNO/c1-10(2)5-14(16)9-17-15(18)13-7-11(3)6-12(4)8-13/h6-8,10,14H,5,9H2,1-4H3,(H,17,18). The Morgan fingerprint density at radius 2 is 1.78 bits per heavy atom. The molecule has 0 aliphatic carbocycles. The van der Waals surface area contributed by atoms with Crippen molar-refractivity contribution in [2.24, 2.45) is 5.92 Å². The van der Waals surface area contributed by atoms with Crippen molar-refractivity contribution in [1.29, 1.82) is 0 Å². The molecule has 18 heavy (non-hydrogen) atoms. The Labute approximate surface area is 118 Å². The maximum absolute atomic E-state index is 12.0. The van der Waals surface area contributed by atoms with Crippen LogP contribution < -0.4 is 5.32 Å². The molecule has 1 amide bonds. The van der Waals surface area contributed by atoms with Crippen LogP contribution in [-0.2, 0) is 0 Å². The fourth-order valence-corrected chi connectivity index (χ4v) is 2.92. The average Bonchev–Trinajstić information content (AvgIpc) is 2.23. The first-order valence-corrected chi connectivity index (χ1v) is 7.30. The molecule has 100 valence electrons. The Bertz CT molecular complexity index is 395. The van der Waals surface area contributed by atoms with E-state index in [-0.39, 0.29) is 5.91 Å². The van der Waals surface area contributed by atoms with Gasteiger partial charge in [-0.1, -0.05) is 47.0 Å². The third-order valence-electron chi connectivity index (χ3n) is 2.70. The SMILES string of the molecule is Cc1cc(C)cc(C(=O)NCC(Br)CC(C)C)c1. The number of halogens is 1. The van der Waals surface area contributed by atoms with Crippen LogP contribution in [-0.4, -0.2) is 17.3 Å². The van der Waals surface area contributed by atoms with E-state index in [0.717, 1.165) is 23.1 Å². The van der Waals surface area contributed by atoms with E-state index < -0.39 is 0 Å². The molecule has 1 N–H and O–H groups in total. The first-order valence-electron chi connectivity index (χ1n) is 6.39. The van der Waals surface area contributed by atoms with Crippen molar-refractivity contribution in [2.45, 2.75) is 38.9 Å². The summed E-state index contributed by atoms with van der Waals surface area (Å²) in [5.74, 6) is 0.641. The summed E-state index contributed by atoms with van der Waals surface area (Å²) in [6, 6.07) is 5.92. The molecule has 0 aromatic heterocycles. The Balaban J connectivity index is 2.55. The highest BCUT2D eigenvalue weighted by molar-refractivity contribution is 9.09. The highest BCUT2D eigenvalue weighted by Gasteiger charge is 2.10. The number of hydrogen-bond acceptors (Lipinski definition) is 1. The van der Waals surface area contributed by atoms with Gasteiger partial charge >= 0.3 is 0 Å². The highest BCUT2D eigenvalue weighted by atomic mass is 79.9. The predicted octanol–water partition coefficient (Wildman–Crippen LogP) is 3.84. The number of benzene rings is 1. The van der Waals surface area contributed by atoms with Gasteiger partial charge in [-0.2, -0.15) is 0 Å². The monoisotopic (exact) mass is 311 g/mol. The first kappa shape index (κ1) is 15.2. The number of aryl methyl sites for hydroxylation is 2. The molecular formula is C15H22BrNO. The van der Waals surface area contributed by atoms with Crippen molar-refractivity contribution in [1.82, 2.24) is 5.32 Å². The van der Waals surface area contributed by atoms with E-state index >= 15 is 0 Å². The minimum atomic E-state index is 0.00926. The third-order valence-corrected chi connectivity index (χ3v) is 3.39. The summed E-state index contributed by atoms with van der Waals surface area (Å²) in [4.78, 5) is 12.3. The van der Waals surface area contributed by atoms with Gasteiger partial charge in [-0.15, -0.1) is 0 Å². The van der Waals surface area contributed by atoms with E-state index in [1.54, 1.807) is 0 Å². The van der Waals surface area contributed by atoms with Crippen molar-refractivity contribution in [3.05, 3.63) is 34.9 Å². The topological polar surface area (TPSA) is 29.1 Å². The van der Waals surface area contributed by atoms with Gasteiger partial charge in [-0.25, -0.2) is 0 Å². The lowest BCUT2D eigenvalue weighted by Crippen LogP contribution is -2.30. The van der Waals surface area contributed by atoms with E-state index in [9.17, 15) is 4.79 Å². The van der Waals surface area contributed by atoms with Gasteiger partial charge in [-0.05, 0) is 38.3 Å². The van der Waals surface area contributed by atoms with Crippen LogP contribution in [0.15, 0.2) is 18.2 Å². The van der Waals surface area contributed by atoms with Crippen molar-refractivity contribution in [3.8, 4) is 0 Å². The van der Waals surface area contributed by atoms with Crippen LogP contribution in [0.5, 0.6) is 0 Å². The molecule has 1 atom stereocenters. The van der Waals surface area contributed by atoms with E-state index in [2.05, 4.69) is 41.2 Å². The molecule has 0 spiro atoms. The summed E-state index contributed by atoms with van der Waals surface area (Å²) in [5.41, 5.74) is 2.99. The maximum atomic E-state index is 12.0. The van der Waals surface area contributed by atoms with E-state index in [0.29, 0.717) is 17.3 Å². The van der Waals surface area contributed by atoms with Gasteiger partial charge in [0.15, 0.2) is 0 Å². The molecule has 1 rings (SSSR count). The normalized spacial score (nSPS) is 12.6. The largest absolute Gasteiger partial charge is 0.351 e. The number of carbonyl (C=O) groups excluding carboxylic acids is 1. The van der Waals surface area contributed by atoms with Gasteiger partial charge in [-0.3, -0.25) is 4.79 Å². The summed E-state index contributed by atoms with van der Waals surface area (Å²) in [6.07, 6.45) is 1.06. The molecule has 0 bridgehead atoms. The van der Waals surface area contributed by atoms with Crippen LogP contribution in [0.4, 0.5) is 0 Å². The van der Waals surface area contributed by atoms with E-state index in [1.807, 2.05) is 26.0 Å². The van der Waals surface area contributed by atoms with Crippen molar-refractivity contribution in [3.63, 3.8) is 0 Å². The lowest BCUT2D eigenvalue weighted by atomic mass is 10.1. The fourth-order valence-electron chi connectivity index (χ4n) is 2.01. The Kier molecular flexibility index (Phi) is 5.86. The van der Waals surface area contributed by atoms with Gasteiger partial charge in [0.25, 0.3) is 5.91 Å². The van der Waals surface area contributed by atoms with Crippen LogP contribution in [0, 0.1) is 19.8 Å². The minimum absolute atomic E-state index is 0.00926. The molecule has 0 saturated heterocycles. The summed E-state index contributed by atoms with van der Waals surface area (Å²) in [6.45, 7) is 9.05. The van der Waals surface area contributed by atoms with Crippen molar-refractivity contribution in [2.75, 3.05) is 6.54 Å². The van der Waals surface area contributed by atoms with Crippen LogP contribution in [0.25, 0.3) is 0 Å². The summed E-state index contributed by atoms with van der Waals surface area (Å²) >= 11 is 3.59. The van der Waals surface area contributed by atoms with Crippen LogP contribution in [0.3, 0.4) is 0 Å². The molecule has 0 radical (unpaired) electrons. The molecule has 0 fully saturated rings. The summed E-state index contributed by atoms with van der Waals surface area (Å²) in [5, 5.41) is 2.97. The predicted molar refractivity (Wildman–Crippen MR) is 80.4 cm³/mol. The molecule has 1 aromatic carbocycles. The van der Waals surface area contributed by atoms with Crippen LogP contribution in [0.2, 0.25) is 0 Å². The van der Waals surface area contributed by atoms with E-state index in [1.165, 1.54) is 0 Å². The number of nitrogens with one attached hydrogen (secondary N) is 1. The van der Waals surface area contributed by atoms with Crippen LogP contribution >= 0.6 is 15.9 Å². The van der Waals surface area contributed by atoms with Crippen molar-refractivity contribution < 1.29 is 4.79 Å². The zero-order valence-electron chi connectivity index (χ0n) is 11.6. The number of rotatable bonds is 5. The maximum Gasteiger partial charge on any atom is 0.251 e. The lowest BCUT2D eigenvalue weighted by molar-refractivity contribution is 0.0953. The number of alkyl halides is 1. The Hall–Kier alpha value is -0.830. The first-order chi connectivity index (χ1) is 8.38. The molecular weight excluding hydrogens is 290 g/mol. The molecule has 0 saturated carbocycles. The third kappa shape index (κ3) is 5.21. The van der Waals surface area contributed by atoms with Crippen LogP contribution in [0.1, 0.15) is 41.8 Å². The van der Waals surface area contributed by atoms with Gasteiger partial charge < -0.3 is 5.32 Å². The van der Waals surface area contributed by atoms with Gasteiger partial charge in [0.05, 0.1) is 0 Å². The number of amides is 1. The molecule has 1 aromatic rings. The minimum Gasteiger partial charge on any atom is -0.351 e. The number of carbonyl (C=O) groups is 1. The van der Waals surface area contributed by atoms with Gasteiger partial charge in [0.2, 0.25) is 0 Å².